The molecule has 0 bridgehead atoms. The average Bonchev–Trinajstić information content (AvgIpc) is 2.72. The fourth-order valence-electron chi connectivity index (χ4n) is 3.16. The molecule has 1 heterocycles. The van der Waals surface area contributed by atoms with Gasteiger partial charge < -0.3 is 0 Å². The van der Waals surface area contributed by atoms with Gasteiger partial charge in [0.1, 0.15) is 5.82 Å². The molecule has 0 aliphatic heterocycles. The van der Waals surface area contributed by atoms with Gasteiger partial charge in [0.15, 0.2) is 0 Å². The van der Waals surface area contributed by atoms with Gasteiger partial charge in [0.05, 0.1) is 21.5 Å². The van der Waals surface area contributed by atoms with E-state index in [0.29, 0.717) is 16.7 Å². The molecule has 0 N–H and O–H groups in total. The number of benzene rings is 3. The van der Waals surface area contributed by atoms with Gasteiger partial charge in [-0.15, -0.1) is 0 Å². The van der Waals surface area contributed by atoms with Crippen LogP contribution in [0.4, 0.5) is 5.69 Å². The van der Waals surface area contributed by atoms with Crippen LogP contribution in [0.5, 0.6) is 0 Å². The predicted molar refractivity (Wildman–Crippen MR) is 114 cm³/mol. The first-order chi connectivity index (χ1) is 14.0. The van der Waals surface area contributed by atoms with Crippen LogP contribution in [-0.4, -0.2) is 14.5 Å². The molecule has 0 saturated heterocycles. The average molecular weight is 383 g/mol. The van der Waals surface area contributed by atoms with Crippen LogP contribution in [0.3, 0.4) is 0 Å². The largest absolute Gasteiger partial charge is 0.269 e. The summed E-state index contributed by atoms with van der Waals surface area (Å²) in [5.41, 5.74) is 3.04. The minimum Gasteiger partial charge on any atom is -0.268 e. The van der Waals surface area contributed by atoms with E-state index < -0.39 is 4.92 Å². The lowest BCUT2D eigenvalue weighted by molar-refractivity contribution is -0.384. The molecular weight excluding hydrogens is 366 g/mol. The Hall–Kier alpha value is -4.06. The number of para-hydroxylation sites is 1. The summed E-state index contributed by atoms with van der Waals surface area (Å²) in [5, 5.41) is 11.4. The topological polar surface area (TPSA) is 78.0 Å². The summed E-state index contributed by atoms with van der Waals surface area (Å²) in [6, 6.07) is 21.1. The van der Waals surface area contributed by atoms with Crippen LogP contribution in [0.2, 0.25) is 0 Å². The van der Waals surface area contributed by atoms with E-state index in [1.54, 1.807) is 41.0 Å². The second-order valence-electron chi connectivity index (χ2n) is 6.65. The van der Waals surface area contributed by atoms with Crippen LogP contribution in [0.15, 0.2) is 77.6 Å². The predicted octanol–water partition coefficient (Wildman–Crippen LogP) is 4.77. The summed E-state index contributed by atoms with van der Waals surface area (Å²) < 4.78 is 1.58. The van der Waals surface area contributed by atoms with Gasteiger partial charge >= 0.3 is 0 Å². The van der Waals surface area contributed by atoms with E-state index in [1.807, 2.05) is 43.3 Å². The summed E-state index contributed by atoms with van der Waals surface area (Å²) in [5.74, 6) is 0.484. The number of nitro benzene ring substituents is 1. The van der Waals surface area contributed by atoms with Crippen molar-refractivity contribution < 1.29 is 4.92 Å². The van der Waals surface area contributed by atoms with E-state index in [-0.39, 0.29) is 11.2 Å². The first kappa shape index (κ1) is 18.3. The second kappa shape index (κ2) is 7.52. The van der Waals surface area contributed by atoms with Crippen LogP contribution in [0, 0.1) is 17.0 Å². The highest BCUT2D eigenvalue weighted by atomic mass is 16.6. The van der Waals surface area contributed by atoms with E-state index in [0.717, 1.165) is 16.8 Å². The molecule has 0 saturated carbocycles. The number of nitrogens with zero attached hydrogens (tertiary/aromatic N) is 3. The van der Waals surface area contributed by atoms with Crippen molar-refractivity contribution in [3.63, 3.8) is 0 Å². The zero-order valence-corrected chi connectivity index (χ0v) is 15.6. The number of hydrogen-bond acceptors (Lipinski definition) is 4. The Balaban J connectivity index is 1.87. The quantitative estimate of drug-likeness (QED) is 0.375. The van der Waals surface area contributed by atoms with Crippen molar-refractivity contribution in [1.82, 2.24) is 9.55 Å². The molecule has 4 rings (SSSR count). The Morgan fingerprint density at radius 3 is 2.45 bits per heavy atom. The lowest BCUT2D eigenvalue weighted by Crippen LogP contribution is -2.22. The highest BCUT2D eigenvalue weighted by molar-refractivity contribution is 5.80. The van der Waals surface area contributed by atoms with Crippen molar-refractivity contribution in [2.24, 2.45) is 0 Å². The van der Waals surface area contributed by atoms with Gasteiger partial charge in [-0.25, -0.2) is 4.98 Å². The van der Waals surface area contributed by atoms with Gasteiger partial charge in [-0.05, 0) is 60.5 Å². The lowest BCUT2D eigenvalue weighted by Gasteiger charge is -2.12. The molecule has 0 aliphatic carbocycles. The molecule has 0 spiro atoms. The zero-order chi connectivity index (χ0) is 20.4. The number of aryl methyl sites for hydroxylation is 1. The number of fused-ring (bicyclic) bond motifs is 1. The molecule has 0 fully saturated rings. The molecule has 142 valence electrons. The normalized spacial score (nSPS) is 11.2. The molecule has 0 atom stereocenters. The fraction of sp³-hybridized carbons (Fsp3) is 0.0435. The van der Waals surface area contributed by atoms with Crippen LogP contribution in [0.25, 0.3) is 28.7 Å². The fourth-order valence-corrected chi connectivity index (χ4v) is 3.16. The molecule has 0 amide bonds. The summed E-state index contributed by atoms with van der Waals surface area (Å²) in [6.07, 6.45) is 3.53. The number of rotatable bonds is 4. The minimum atomic E-state index is -0.437. The van der Waals surface area contributed by atoms with E-state index in [2.05, 4.69) is 4.98 Å². The van der Waals surface area contributed by atoms with E-state index in [1.165, 1.54) is 12.1 Å². The van der Waals surface area contributed by atoms with Crippen molar-refractivity contribution >= 4 is 28.7 Å². The molecular formula is C23H17N3O3. The molecule has 1 aromatic heterocycles. The smallest absolute Gasteiger partial charge is 0.268 e. The van der Waals surface area contributed by atoms with Crippen molar-refractivity contribution in [1.29, 1.82) is 0 Å². The molecule has 0 aliphatic rings. The van der Waals surface area contributed by atoms with Crippen molar-refractivity contribution in [3.8, 4) is 5.69 Å². The summed E-state index contributed by atoms with van der Waals surface area (Å²) >= 11 is 0. The summed E-state index contributed by atoms with van der Waals surface area (Å²) in [6.45, 7) is 1.97. The lowest BCUT2D eigenvalue weighted by atomic mass is 10.1. The van der Waals surface area contributed by atoms with E-state index >= 15 is 0 Å². The summed E-state index contributed by atoms with van der Waals surface area (Å²) in [7, 11) is 0. The molecule has 0 radical (unpaired) electrons. The third-order valence-corrected chi connectivity index (χ3v) is 4.59. The maximum atomic E-state index is 13.2. The van der Waals surface area contributed by atoms with E-state index in [9.17, 15) is 14.9 Å². The van der Waals surface area contributed by atoms with Gasteiger partial charge in [-0.1, -0.05) is 30.3 Å². The molecule has 0 unspecified atom stereocenters. The Morgan fingerprint density at radius 2 is 1.72 bits per heavy atom. The maximum Gasteiger partial charge on any atom is 0.269 e. The number of hydrogen-bond donors (Lipinski definition) is 0. The molecule has 3 aromatic carbocycles. The van der Waals surface area contributed by atoms with Crippen molar-refractivity contribution in [2.45, 2.75) is 6.92 Å². The minimum absolute atomic E-state index is 0.0302. The highest BCUT2D eigenvalue weighted by Crippen LogP contribution is 2.17. The SMILES string of the molecule is Cc1cccc(-n2c(C=Cc3ccc([N+](=O)[O-])cc3)nc3ccccc3c2=O)c1. The second-order valence-corrected chi connectivity index (χ2v) is 6.65. The van der Waals surface area contributed by atoms with E-state index in [4.69, 9.17) is 0 Å². The molecule has 4 aromatic rings. The monoisotopic (exact) mass is 383 g/mol. The first-order valence-corrected chi connectivity index (χ1v) is 9.04. The van der Waals surface area contributed by atoms with Crippen LogP contribution < -0.4 is 5.56 Å². The van der Waals surface area contributed by atoms with Crippen LogP contribution in [0.1, 0.15) is 17.0 Å². The van der Waals surface area contributed by atoms with Crippen LogP contribution >= 0.6 is 0 Å². The highest BCUT2D eigenvalue weighted by Gasteiger charge is 2.11. The Labute approximate surface area is 166 Å². The maximum absolute atomic E-state index is 13.2. The molecule has 6 heteroatoms. The van der Waals surface area contributed by atoms with Crippen molar-refractivity contribution in [2.75, 3.05) is 0 Å². The number of non-ortho nitro benzene ring substituents is 1. The Kier molecular flexibility index (Phi) is 4.75. The third-order valence-electron chi connectivity index (χ3n) is 4.59. The Bertz CT molecular complexity index is 1310. The Morgan fingerprint density at radius 1 is 0.966 bits per heavy atom. The molecule has 29 heavy (non-hydrogen) atoms. The summed E-state index contributed by atoms with van der Waals surface area (Å²) in [4.78, 5) is 28.3. The number of nitro groups is 1. The van der Waals surface area contributed by atoms with Gasteiger partial charge in [0.25, 0.3) is 11.2 Å². The number of aromatic nitrogens is 2. The first-order valence-electron chi connectivity index (χ1n) is 9.04. The van der Waals surface area contributed by atoms with Gasteiger partial charge in [0, 0.05) is 12.1 Å². The van der Waals surface area contributed by atoms with Gasteiger partial charge in [-0.3, -0.25) is 19.5 Å². The van der Waals surface area contributed by atoms with Gasteiger partial charge in [-0.2, -0.15) is 0 Å². The molecule has 6 nitrogen and oxygen atoms in total. The zero-order valence-electron chi connectivity index (χ0n) is 15.6. The standard InChI is InChI=1S/C23H17N3O3/c1-16-5-4-6-19(15-16)25-22(24-21-8-3-2-7-20(21)23(25)27)14-11-17-9-12-18(13-10-17)26(28)29/h2-15H,1H3. The van der Waals surface area contributed by atoms with Gasteiger partial charge in [0.2, 0.25) is 0 Å². The third kappa shape index (κ3) is 3.68. The van der Waals surface area contributed by atoms with Crippen LogP contribution in [-0.2, 0) is 0 Å². The van der Waals surface area contributed by atoms with Crippen molar-refractivity contribution in [3.05, 3.63) is 110 Å².